The predicted octanol–water partition coefficient (Wildman–Crippen LogP) is 3.76. The molecule has 0 amide bonds. The van der Waals surface area contributed by atoms with Crippen LogP contribution in [0.25, 0.3) is 10.8 Å². The van der Waals surface area contributed by atoms with Gasteiger partial charge in [-0.25, -0.2) is 0 Å². The highest BCUT2D eigenvalue weighted by atomic mass is 35.5. The molecule has 2 unspecified atom stereocenters. The number of phenolic OH excluding ortho intramolecular Hbond substituents is 1. The Morgan fingerprint density at radius 2 is 1.68 bits per heavy atom. The highest BCUT2D eigenvalue weighted by Crippen LogP contribution is 2.35. The van der Waals surface area contributed by atoms with Gasteiger partial charge in [0.25, 0.3) is 0 Å². The molecule has 0 saturated carbocycles. The van der Waals surface area contributed by atoms with Crippen LogP contribution >= 0.6 is 12.4 Å². The first-order valence-corrected chi connectivity index (χ1v) is 7.47. The van der Waals surface area contributed by atoms with Gasteiger partial charge in [-0.2, -0.15) is 0 Å². The van der Waals surface area contributed by atoms with E-state index in [4.69, 9.17) is 0 Å². The van der Waals surface area contributed by atoms with Crippen molar-refractivity contribution in [1.29, 1.82) is 0 Å². The first-order valence-electron chi connectivity index (χ1n) is 7.47. The number of nitrogens with zero attached hydrogens (tertiary/aromatic N) is 1. The lowest BCUT2D eigenvalue weighted by Crippen LogP contribution is -2.38. The fourth-order valence-electron chi connectivity index (χ4n) is 3.04. The monoisotopic (exact) mass is 323 g/mol. The molecule has 2 N–H and O–H groups in total. The van der Waals surface area contributed by atoms with Crippen LogP contribution in [0.15, 0.2) is 36.4 Å². The van der Waals surface area contributed by atoms with Crippen LogP contribution in [-0.2, 0) is 5.60 Å². The molecule has 22 heavy (non-hydrogen) atoms. The summed E-state index contributed by atoms with van der Waals surface area (Å²) in [4.78, 5) is 2.10. The Hall–Kier alpha value is -1.29. The summed E-state index contributed by atoms with van der Waals surface area (Å²) in [6.45, 7) is 4.94. The minimum Gasteiger partial charge on any atom is -0.508 e. The fourth-order valence-corrected chi connectivity index (χ4v) is 3.04. The number of aliphatic hydroxyl groups is 1. The quantitative estimate of drug-likeness (QED) is 0.880. The smallest absolute Gasteiger partial charge is 0.116 e. The number of halogens is 1. The van der Waals surface area contributed by atoms with Crippen molar-refractivity contribution in [2.24, 2.45) is 5.92 Å². The molecular formula is C18H26ClNO2. The maximum Gasteiger partial charge on any atom is 0.116 e. The van der Waals surface area contributed by atoms with Gasteiger partial charge in [0.15, 0.2) is 0 Å². The van der Waals surface area contributed by atoms with Crippen LogP contribution in [-0.4, -0.2) is 35.8 Å². The van der Waals surface area contributed by atoms with Crippen molar-refractivity contribution in [3.63, 3.8) is 0 Å². The zero-order chi connectivity index (χ0) is 15.6. The Bertz CT molecular complexity index is 630. The standard InChI is InChI=1S/C18H25NO2.ClH/c1-5-18(21,13(2)12-19(3)4)16-8-6-15-11-17(20)9-7-14(15)10-16;/h6-11,13,20-21H,5,12H2,1-4H3;1H. The van der Waals surface area contributed by atoms with Crippen LogP contribution in [0.1, 0.15) is 25.8 Å². The highest BCUT2D eigenvalue weighted by molar-refractivity contribution is 5.85. The Morgan fingerprint density at radius 1 is 1.09 bits per heavy atom. The summed E-state index contributed by atoms with van der Waals surface area (Å²) >= 11 is 0. The van der Waals surface area contributed by atoms with Gasteiger partial charge in [0, 0.05) is 12.5 Å². The summed E-state index contributed by atoms with van der Waals surface area (Å²) in [5, 5.41) is 22.7. The van der Waals surface area contributed by atoms with Crippen molar-refractivity contribution < 1.29 is 10.2 Å². The molecule has 4 heteroatoms. The van der Waals surface area contributed by atoms with E-state index in [1.54, 1.807) is 12.1 Å². The molecule has 2 aromatic rings. The highest BCUT2D eigenvalue weighted by Gasteiger charge is 2.34. The predicted molar refractivity (Wildman–Crippen MR) is 94.8 cm³/mol. The largest absolute Gasteiger partial charge is 0.508 e. The summed E-state index contributed by atoms with van der Waals surface area (Å²) in [6.07, 6.45) is 0.672. The Labute approximate surface area is 139 Å². The van der Waals surface area contributed by atoms with E-state index in [1.807, 2.05) is 45.3 Å². The molecule has 0 aliphatic heterocycles. The number of fused-ring (bicyclic) bond motifs is 1. The number of rotatable bonds is 5. The van der Waals surface area contributed by atoms with Crippen LogP contribution in [0, 0.1) is 5.92 Å². The SMILES string of the molecule is CCC(O)(c1ccc2cc(O)ccc2c1)C(C)CN(C)C.Cl. The second-order valence-electron chi connectivity index (χ2n) is 6.19. The Kier molecular flexibility index (Phi) is 6.24. The molecule has 0 bridgehead atoms. The number of phenols is 1. The van der Waals surface area contributed by atoms with Crippen molar-refractivity contribution in [3.05, 3.63) is 42.0 Å². The first kappa shape index (κ1) is 18.8. The van der Waals surface area contributed by atoms with E-state index < -0.39 is 5.60 Å². The maximum atomic E-state index is 11.1. The second-order valence-corrected chi connectivity index (χ2v) is 6.19. The van der Waals surface area contributed by atoms with Crippen molar-refractivity contribution in [2.75, 3.05) is 20.6 Å². The van der Waals surface area contributed by atoms with Crippen molar-refractivity contribution >= 4 is 23.2 Å². The number of aromatic hydroxyl groups is 1. The molecule has 0 aliphatic carbocycles. The van der Waals surface area contributed by atoms with Crippen LogP contribution in [0.3, 0.4) is 0 Å². The van der Waals surface area contributed by atoms with Gasteiger partial charge in [0.2, 0.25) is 0 Å². The van der Waals surface area contributed by atoms with E-state index in [0.29, 0.717) is 6.42 Å². The molecule has 2 atom stereocenters. The lowest BCUT2D eigenvalue weighted by molar-refractivity contribution is -0.0290. The maximum absolute atomic E-state index is 11.1. The van der Waals surface area contributed by atoms with Gasteiger partial charge in [0.1, 0.15) is 5.75 Å². The lowest BCUT2D eigenvalue weighted by Gasteiger charge is -2.35. The van der Waals surface area contributed by atoms with Crippen molar-refractivity contribution in [1.82, 2.24) is 4.90 Å². The summed E-state index contributed by atoms with van der Waals surface area (Å²) in [7, 11) is 4.05. The number of benzene rings is 2. The summed E-state index contributed by atoms with van der Waals surface area (Å²) in [6, 6.07) is 11.3. The molecular weight excluding hydrogens is 298 g/mol. The van der Waals surface area contributed by atoms with E-state index in [2.05, 4.69) is 11.8 Å². The summed E-state index contributed by atoms with van der Waals surface area (Å²) < 4.78 is 0. The normalized spacial score (nSPS) is 15.4. The average Bonchev–Trinajstić information content (AvgIpc) is 2.45. The molecule has 2 aromatic carbocycles. The van der Waals surface area contributed by atoms with E-state index in [-0.39, 0.29) is 24.1 Å². The molecule has 0 aliphatic rings. The second kappa shape index (κ2) is 7.32. The van der Waals surface area contributed by atoms with E-state index >= 15 is 0 Å². The fraction of sp³-hybridized carbons (Fsp3) is 0.444. The molecule has 0 aromatic heterocycles. The topological polar surface area (TPSA) is 43.7 Å². The summed E-state index contributed by atoms with van der Waals surface area (Å²) in [5.41, 5.74) is 0.105. The Morgan fingerprint density at radius 3 is 2.27 bits per heavy atom. The zero-order valence-electron chi connectivity index (χ0n) is 13.7. The number of hydrogen-bond acceptors (Lipinski definition) is 3. The van der Waals surface area contributed by atoms with E-state index in [0.717, 1.165) is 22.9 Å². The molecule has 122 valence electrons. The Balaban J connectivity index is 0.00000242. The lowest BCUT2D eigenvalue weighted by atomic mass is 9.79. The van der Waals surface area contributed by atoms with Crippen LogP contribution in [0.5, 0.6) is 5.75 Å². The van der Waals surface area contributed by atoms with Crippen LogP contribution in [0.4, 0.5) is 0 Å². The molecule has 0 saturated heterocycles. The molecule has 2 rings (SSSR count). The van der Waals surface area contributed by atoms with Gasteiger partial charge < -0.3 is 15.1 Å². The van der Waals surface area contributed by atoms with Crippen molar-refractivity contribution in [3.8, 4) is 5.75 Å². The molecule has 0 fully saturated rings. The van der Waals surface area contributed by atoms with Gasteiger partial charge in [-0.1, -0.05) is 32.0 Å². The molecule has 0 spiro atoms. The minimum absolute atomic E-state index is 0. The third-order valence-electron chi connectivity index (χ3n) is 4.32. The molecule has 0 radical (unpaired) electrons. The van der Waals surface area contributed by atoms with Crippen LogP contribution < -0.4 is 0 Å². The van der Waals surface area contributed by atoms with Gasteiger partial charge >= 0.3 is 0 Å². The third-order valence-corrected chi connectivity index (χ3v) is 4.32. The van der Waals surface area contributed by atoms with Gasteiger partial charge in [-0.3, -0.25) is 0 Å². The van der Waals surface area contributed by atoms with Crippen molar-refractivity contribution in [2.45, 2.75) is 25.9 Å². The van der Waals surface area contributed by atoms with Gasteiger partial charge in [-0.15, -0.1) is 12.4 Å². The number of hydrogen-bond donors (Lipinski definition) is 2. The van der Waals surface area contributed by atoms with Gasteiger partial charge in [-0.05, 0) is 55.1 Å². The molecule has 3 nitrogen and oxygen atoms in total. The first-order chi connectivity index (χ1) is 9.86. The van der Waals surface area contributed by atoms with Crippen LogP contribution in [0.2, 0.25) is 0 Å². The minimum atomic E-state index is -0.837. The van der Waals surface area contributed by atoms with E-state index in [9.17, 15) is 10.2 Å². The molecule has 0 heterocycles. The zero-order valence-corrected chi connectivity index (χ0v) is 14.5. The average molecular weight is 324 g/mol. The summed E-state index contributed by atoms with van der Waals surface area (Å²) in [5.74, 6) is 0.397. The van der Waals surface area contributed by atoms with E-state index in [1.165, 1.54) is 0 Å². The van der Waals surface area contributed by atoms with Gasteiger partial charge in [0.05, 0.1) is 5.60 Å². The third kappa shape index (κ3) is 3.72.